The zero-order valence-corrected chi connectivity index (χ0v) is 10.6. The first-order chi connectivity index (χ1) is 6.97. The Morgan fingerprint density at radius 3 is 2.53 bits per heavy atom. The van der Waals surface area contributed by atoms with E-state index in [-0.39, 0.29) is 0 Å². The van der Waals surface area contributed by atoms with Crippen LogP contribution >= 0.6 is 23.2 Å². The highest BCUT2D eigenvalue weighted by Gasteiger charge is 2.24. The molecule has 0 aliphatic carbocycles. The maximum atomic E-state index is 10.3. The molecule has 84 valence electrons. The second-order valence-electron chi connectivity index (χ2n) is 4.00. The molecular weight excluding hydrogens is 231 g/mol. The van der Waals surface area contributed by atoms with Crippen molar-refractivity contribution in [2.24, 2.45) is 0 Å². The zero-order valence-electron chi connectivity index (χ0n) is 9.06. The van der Waals surface area contributed by atoms with Crippen molar-refractivity contribution < 1.29 is 5.11 Å². The molecule has 15 heavy (non-hydrogen) atoms. The molecule has 3 heteroatoms. The number of hydrogen-bond donors (Lipinski definition) is 1. The minimum Gasteiger partial charge on any atom is -0.385 e. The Morgan fingerprint density at radius 2 is 2.00 bits per heavy atom. The fraction of sp³-hybridized carbons (Fsp3) is 0.500. The number of hydrogen-bond acceptors (Lipinski definition) is 1. The molecule has 0 aliphatic rings. The van der Waals surface area contributed by atoms with Crippen LogP contribution in [0.15, 0.2) is 18.2 Å². The minimum absolute atomic E-state index is 0.531. The summed E-state index contributed by atoms with van der Waals surface area (Å²) in [6.07, 6.45) is 2.75. The quantitative estimate of drug-likeness (QED) is 0.836. The highest BCUT2D eigenvalue weighted by molar-refractivity contribution is 6.35. The van der Waals surface area contributed by atoms with Crippen molar-refractivity contribution >= 4 is 23.2 Å². The third kappa shape index (κ3) is 3.37. The topological polar surface area (TPSA) is 20.2 Å². The largest absolute Gasteiger partial charge is 0.385 e. The van der Waals surface area contributed by atoms with Gasteiger partial charge >= 0.3 is 0 Å². The van der Waals surface area contributed by atoms with Crippen LogP contribution in [0.1, 0.15) is 38.7 Å². The lowest BCUT2D eigenvalue weighted by Gasteiger charge is -2.24. The van der Waals surface area contributed by atoms with E-state index < -0.39 is 5.60 Å². The van der Waals surface area contributed by atoms with E-state index in [1.165, 1.54) is 0 Å². The molecule has 1 aromatic rings. The predicted molar refractivity (Wildman–Crippen MR) is 65.6 cm³/mol. The summed E-state index contributed by atoms with van der Waals surface area (Å²) in [5.41, 5.74) is -0.112. The van der Waals surface area contributed by atoms with Crippen LogP contribution in [0.4, 0.5) is 0 Å². The van der Waals surface area contributed by atoms with Crippen LogP contribution in [0.25, 0.3) is 0 Å². The second-order valence-corrected chi connectivity index (χ2v) is 4.85. The maximum Gasteiger partial charge on any atom is 0.0882 e. The van der Waals surface area contributed by atoms with Crippen LogP contribution in [0.2, 0.25) is 10.0 Å². The lowest BCUT2D eigenvalue weighted by molar-refractivity contribution is 0.0455. The van der Waals surface area contributed by atoms with Crippen molar-refractivity contribution in [2.45, 2.75) is 38.7 Å². The van der Waals surface area contributed by atoms with E-state index in [9.17, 15) is 5.11 Å². The Bertz CT molecular complexity index is 334. The molecule has 1 nitrogen and oxygen atoms in total. The first-order valence-electron chi connectivity index (χ1n) is 5.15. The molecule has 0 aromatic heterocycles. The molecule has 0 spiro atoms. The molecule has 1 aromatic carbocycles. The van der Waals surface area contributed by atoms with Gasteiger partial charge in [-0.15, -0.1) is 0 Å². The third-order valence-corrected chi connectivity index (χ3v) is 3.08. The molecule has 1 rings (SSSR count). The van der Waals surface area contributed by atoms with Crippen LogP contribution in [0.3, 0.4) is 0 Å². The van der Waals surface area contributed by atoms with Gasteiger partial charge in [-0.1, -0.05) is 49.0 Å². The third-order valence-electron chi connectivity index (χ3n) is 2.53. The summed E-state index contributed by atoms with van der Waals surface area (Å²) < 4.78 is 0. The van der Waals surface area contributed by atoms with Crippen molar-refractivity contribution in [1.29, 1.82) is 0 Å². The van der Waals surface area contributed by atoms with Gasteiger partial charge in [0.2, 0.25) is 0 Å². The molecule has 0 aliphatic heterocycles. The minimum atomic E-state index is -0.863. The molecule has 0 saturated heterocycles. The van der Waals surface area contributed by atoms with Gasteiger partial charge in [0.1, 0.15) is 0 Å². The van der Waals surface area contributed by atoms with Gasteiger partial charge in [-0.2, -0.15) is 0 Å². The molecule has 1 N–H and O–H groups in total. The predicted octanol–water partition coefficient (Wildman–Crippen LogP) is 4.39. The van der Waals surface area contributed by atoms with Crippen LogP contribution in [-0.2, 0) is 5.60 Å². The summed E-state index contributed by atoms with van der Waals surface area (Å²) in [6, 6.07) is 5.21. The van der Waals surface area contributed by atoms with E-state index in [4.69, 9.17) is 23.2 Å². The summed E-state index contributed by atoms with van der Waals surface area (Å²) in [6.45, 7) is 3.89. The average molecular weight is 247 g/mol. The Labute approximate surface area is 101 Å². The van der Waals surface area contributed by atoms with Gasteiger partial charge in [0.25, 0.3) is 0 Å². The lowest BCUT2D eigenvalue weighted by atomic mass is 9.90. The summed E-state index contributed by atoms with van der Waals surface area (Å²) in [7, 11) is 0. The first kappa shape index (κ1) is 12.8. The van der Waals surface area contributed by atoms with E-state index in [1.807, 2.05) is 0 Å². The van der Waals surface area contributed by atoms with Crippen LogP contribution in [-0.4, -0.2) is 5.11 Å². The maximum absolute atomic E-state index is 10.3. The molecule has 1 unspecified atom stereocenters. The van der Waals surface area contributed by atoms with Crippen molar-refractivity contribution in [3.8, 4) is 0 Å². The molecule has 0 bridgehead atoms. The number of benzene rings is 1. The van der Waals surface area contributed by atoms with E-state index >= 15 is 0 Å². The van der Waals surface area contributed by atoms with Gasteiger partial charge in [0, 0.05) is 15.6 Å². The van der Waals surface area contributed by atoms with Crippen molar-refractivity contribution in [3.63, 3.8) is 0 Å². The fourth-order valence-electron chi connectivity index (χ4n) is 1.58. The number of aliphatic hydroxyl groups is 1. The Hall–Kier alpha value is -0.240. The Balaban J connectivity index is 2.93. The SMILES string of the molecule is CCCCC(C)(O)c1ccc(Cl)cc1Cl. The highest BCUT2D eigenvalue weighted by atomic mass is 35.5. The van der Waals surface area contributed by atoms with Crippen LogP contribution < -0.4 is 0 Å². The number of halogens is 2. The molecule has 0 saturated carbocycles. The highest BCUT2D eigenvalue weighted by Crippen LogP contribution is 2.33. The molecule has 0 heterocycles. The standard InChI is InChI=1S/C12H16Cl2O/c1-3-4-7-12(2,15)10-6-5-9(13)8-11(10)14/h5-6,8,15H,3-4,7H2,1-2H3. The summed E-state index contributed by atoms with van der Waals surface area (Å²) >= 11 is 11.9. The molecule has 0 fully saturated rings. The lowest BCUT2D eigenvalue weighted by Crippen LogP contribution is -2.21. The smallest absolute Gasteiger partial charge is 0.0882 e. The molecule has 1 atom stereocenters. The Kier molecular flexibility index (Phi) is 4.45. The summed E-state index contributed by atoms with van der Waals surface area (Å²) in [5.74, 6) is 0. The normalized spacial score (nSPS) is 15.0. The van der Waals surface area contributed by atoms with E-state index in [0.29, 0.717) is 16.5 Å². The number of rotatable bonds is 4. The van der Waals surface area contributed by atoms with E-state index in [1.54, 1.807) is 25.1 Å². The fourth-order valence-corrected chi connectivity index (χ4v) is 2.19. The van der Waals surface area contributed by atoms with E-state index in [2.05, 4.69) is 6.92 Å². The van der Waals surface area contributed by atoms with Gasteiger partial charge in [-0.25, -0.2) is 0 Å². The van der Waals surface area contributed by atoms with Crippen molar-refractivity contribution in [2.75, 3.05) is 0 Å². The van der Waals surface area contributed by atoms with Crippen molar-refractivity contribution in [3.05, 3.63) is 33.8 Å². The number of unbranched alkanes of at least 4 members (excludes halogenated alkanes) is 1. The molecule has 0 amide bonds. The monoisotopic (exact) mass is 246 g/mol. The summed E-state index contributed by atoms with van der Waals surface area (Å²) in [4.78, 5) is 0. The Morgan fingerprint density at radius 1 is 1.33 bits per heavy atom. The van der Waals surface area contributed by atoms with Crippen LogP contribution in [0.5, 0.6) is 0 Å². The van der Waals surface area contributed by atoms with Gasteiger partial charge in [-0.05, 0) is 25.5 Å². The second kappa shape index (κ2) is 5.20. The van der Waals surface area contributed by atoms with Gasteiger partial charge in [-0.3, -0.25) is 0 Å². The molecule has 0 radical (unpaired) electrons. The summed E-state index contributed by atoms with van der Waals surface area (Å²) in [5, 5.41) is 11.4. The zero-order chi connectivity index (χ0) is 11.5. The van der Waals surface area contributed by atoms with Crippen LogP contribution in [0, 0.1) is 0 Å². The average Bonchev–Trinajstić information content (AvgIpc) is 2.14. The van der Waals surface area contributed by atoms with Gasteiger partial charge < -0.3 is 5.11 Å². The van der Waals surface area contributed by atoms with Gasteiger partial charge in [0.15, 0.2) is 0 Å². The first-order valence-corrected chi connectivity index (χ1v) is 5.91. The molecular formula is C12H16Cl2O. The van der Waals surface area contributed by atoms with E-state index in [0.717, 1.165) is 18.4 Å². The van der Waals surface area contributed by atoms with Gasteiger partial charge in [0.05, 0.1) is 5.60 Å². The van der Waals surface area contributed by atoms with Crippen molar-refractivity contribution in [1.82, 2.24) is 0 Å².